The minimum absolute atomic E-state index is 0.0211. The molecule has 160 valence electrons. The molecule has 0 N–H and O–H groups in total. The van der Waals surface area contributed by atoms with E-state index in [4.69, 9.17) is 4.52 Å². The molecule has 33 heavy (non-hydrogen) atoms. The number of carbonyl (C=O) groups is 1. The quantitative estimate of drug-likeness (QED) is 0.264. The predicted octanol–water partition coefficient (Wildman–Crippen LogP) is 7.96. The Balaban J connectivity index is 1.58. The Kier molecular flexibility index (Phi) is 4.89. The van der Waals surface area contributed by atoms with Crippen molar-refractivity contribution in [1.29, 1.82) is 0 Å². The van der Waals surface area contributed by atoms with Crippen molar-refractivity contribution < 1.29 is 9.32 Å². The van der Waals surface area contributed by atoms with Gasteiger partial charge >= 0.3 is 0 Å². The van der Waals surface area contributed by atoms with E-state index in [2.05, 4.69) is 73.6 Å². The van der Waals surface area contributed by atoms with Crippen LogP contribution in [0.4, 0.5) is 0 Å². The summed E-state index contributed by atoms with van der Waals surface area (Å²) < 4.78 is 5.86. The van der Waals surface area contributed by atoms with Crippen molar-refractivity contribution in [2.24, 2.45) is 0 Å². The highest BCUT2D eigenvalue weighted by Crippen LogP contribution is 2.48. The van der Waals surface area contributed by atoms with E-state index in [1.165, 1.54) is 11.1 Å². The van der Waals surface area contributed by atoms with E-state index in [0.29, 0.717) is 16.9 Å². The van der Waals surface area contributed by atoms with Crippen molar-refractivity contribution >= 4 is 40.2 Å². The SMILES string of the molecule is Cc1ccc(Sc2cc(Sc3ccc(C)cc3)c3noc4c3c2C(=O)c2ccccc2-4)cc1. The van der Waals surface area contributed by atoms with Crippen LogP contribution >= 0.6 is 23.5 Å². The largest absolute Gasteiger partial charge is 0.355 e. The second kappa shape index (κ2) is 7.94. The van der Waals surface area contributed by atoms with Crippen LogP contribution in [0.3, 0.4) is 0 Å². The van der Waals surface area contributed by atoms with Gasteiger partial charge < -0.3 is 4.52 Å². The third-order valence-electron chi connectivity index (χ3n) is 5.83. The van der Waals surface area contributed by atoms with Gasteiger partial charge in [-0.1, -0.05) is 88.3 Å². The van der Waals surface area contributed by atoms with Crippen molar-refractivity contribution in [2.75, 3.05) is 0 Å². The second-order valence-corrected chi connectivity index (χ2v) is 10.4. The van der Waals surface area contributed by atoms with Crippen LogP contribution < -0.4 is 0 Å². The Hall–Kier alpha value is -3.28. The Morgan fingerprint density at radius 2 is 1.30 bits per heavy atom. The average molecular weight is 466 g/mol. The van der Waals surface area contributed by atoms with Crippen molar-refractivity contribution in [3.63, 3.8) is 0 Å². The lowest BCUT2D eigenvalue weighted by Crippen LogP contribution is -2.10. The van der Waals surface area contributed by atoms with Gasteiger partial charge in [-0.05, 0) is 44.2 Å². The van der Waals surface area contributed by atoms with Gasteiger partial charge in [-0.25, -0.2) is 0 Å². The lowest BCUT2D eigenvalue weighted by molar-refractivity contribution is 0.103. The molecule has 1 aliphatic carbocycles. The van der Waals surface area contributed by atoms with Gasteiger partial charge in [0.1, 0.15) is 5.52 Å². The minimum Gasteiger partial charge on any atom is -0.355 e. The van der Waals surface area contributed by atoms with Crippen molar-refractivity contribution in [1.82, 2.24) is 5.16 Å². The molecule has 5 aromatic rings. The van der Waals surface area contributed by atoms with Crippen LogP contribution in [0.25, 0.3) is 22.2 Å². The molecule has 0 fully saturated rings. The maximum Gasteiger partial charge on any atom is 0.195 e. The van der Waals surface area contributed by atoms with Gasteiger partial charge in [0, 0.05) is 36.3 Å². The molecule has 0 atom stereocenters. The summed E-state index contributed by atoms with van der Waals surface area (Å²) >= 11 is 3.26. The molecule has 1 aliphatic rings. The van der Waals surface area contributed by atoms with E-state index in [1.54, 1.807) is 23.5 Å². The second-order valence-electron chi connectivity index (χ2n) is 8.19. The number of benzene rings is 4. The summed E-state index contributed by atoms with van der Waals surface area (Å²) in [5, 5.41) is 5.25. The predicted molar refractivity (Wildman–Crippen MR) is 133 cm³/mol. The van der Waals surface area contributed by atoms with Crippen LogP contribution in [0.15, 0.2) is 103 Å². The standard InChI is InChI=1S/C28H19NO2S2/c1-16-7-11-18(12-8-16)32-22-15-23(33-19-13-9-17(2)10-14-19)26-25-24(22)27(30)20-5-3-4-6-21(20)28(25)31-29-26/h3-15H,1-2H3. The molecule has 0 bridgehead atoms. The van der Waals surface area contributed by atoms with E-state index in [-0.39, 0.29) is 5.78 Å². The number of fused-ring (bicyclic) bond motifs is 2. The number of hydrogen-bond acceptors (Lipinski definition) is 5. The third kappa shape index (κ3) is 3.48. The first-order valence-electron chi connectivity index (χ1n) is 10.7. The lowest BCUT2D eigenvalue weighted by atomic mass is 9.88. The van der Waals surface area contributed by atoms with Gasteiger partial charge in [0.25, 0.3) is 0 Å². The first-order valence-corrected chi connectivity index (χ1v) is 12.3. The smallest absolute Gasteiger partial charge is 0.195 e. The van der Waals surface area contributed by atoms with Crippen LogP contribution in [0.2, 0.25) is 0 Å². The highest BCUT2D eigenvalue weighted by Gasteiger charge is 2.33. The zero-order valence-corrected chi connectivity index (χ0v) is 19.7. The highest BCUT2D eigenvalue weighted by atomic mass is 32.2. The van der Waals surface area contributed by atoms with Crippen LogP contribution in [-0.4, -0.2) is 10.9 Å². The normalized spacial score (nSPS) is 12.2. The fourth-order valence-corrected chi connectivity index (χ4v) is 6.13. The molecule has 0 saturated heterocycles. The number of aromatic nitrogens is 1. The van der Waals surface area contributed by atoms with Crippen LogP contribution in [0.1, 0.15) is 27.0 Å². The fourth-order valence-electron chi connectivity index (χ4n) is 4.12. The summed E-state index contributed by atoms with van der Waals surface area (Å²) in [5.41, 5.74) is 5.31. The Morgan fingerprint density at radius 3 is 1.94 bits per heavy atom. The van der Waals surface area contributed by atoms with Crippen LogP contribution in [-0.2, 0) is 0 Å². The topological polar surface area (TPSA) is 43.1 Å². The van der Waals surface area contributed by atoms with E-state index < -0.39 is 0 Å². The molecule has 1 aromatic heterocycles. The summed E-state index contributed by atoms with van der Waals surface area (Å²) in [6, 6.07) is 26.5. The molecule has 3 nitrogen and oxygen atoms in total. The number of aryl methyl sites for hydroxylation is 2. The molecule has 0 aliphatic heterocycles. The molecule has 4 aromatic carbocycles. The summed E-state index contributed by atoms with van der Waals surface area (Å²) in [4.78, 5) is 17.8. The molecule has 0 saturated carbocycles. The Labute approximate surface area is 200 Å². The molecule has 0 amide bonds. The minimum atomic E-state index is 0.0211. The van der Waals surface area contributed by atoms with Gasteiger partial charge in [-0.15, -0.1) is 0 Å². The maximum absolute atomic E-state index is 13.7. The summed E-state index contributed by atoms with van der Waals surface area (Å²) in [7, 11) is 0. The van der Waals surface area contributed by atoms with Gasteiger partial charge in [0.2, 0.25) is 0 Å². The first kappa shape index (κ1) is 20.3. The monoisotopic (exact) mass is 465 g/mol. The Bertz CT molecular complexity index is 1530. The molecule has 0 spiro atoms. The number of hydrogen-bond donors (Lipinski definition) is 0. The number of carbonyl (C=O) groups excluding carboxylic acids is 1. The molecular weight excluding hydrogens is 446 g/mol. The summed E-state index contributed by atoms with van der Waals surface area (Å²) in [6.07, 6.45) is 0. The van der Waals surface area contributed by atoms with Gasteiger partial charge in [0.05, 0.1) is 5.39 Å². The van der Waals surface area contributed by atoms with Gasteiger partial charge in [-0.2, -0.15) is 0 Å². The maximum atomic E-state index is 13.7. The average Bonchev–Trinajstić information content (AvgIpc) is 3.27. The van der Waals surface area contributed by atoms with Crippen molar-refractivity contribution in [2.45, 2.75) is 33.4 Å². The molecule has 0 radical (unpaired) electrons. The van der Waals surface area contributed by atoms with Crippen LogP contribution in [0, 0.1) is 13.8 Å². The van der Waals surface area contributed by atoms with Gasteiger partial charge in [0.15, 0.2) is 11.5 Å². The zero-order valence-electron chi connectivity index (χ0n) is 18.1. The van der Waals surface area contributed by atoms with Crippen LogP contribution in [0.5, 0.6) is 0 Å². The number of rotatable bonds is 4. The highest BCUT2D eigenvalue weighted by molar-refractivity contribution is 8.00. The van der Waals surface area contributed by atoms with Gasteiger partial charge in [-0.3, -0.25) is 4.79 Å². The first-order chi connectivity index (χ1) is 16.1. The van der Waals surface area contributed by atoms with E-state index >= 15 is 0 Å². The number of ketones is 1. The summed E-state index contributed by atoms with van der Waals surface area (Å²) in [6.45, 7) is 4.15. The van der Waals surface area contributed by atoms with E-state index in [1.807, 2.05) is 24.3 Å². The molecule has 6 rings (SSSR count). The molecular formula is C28H19NO2S2. The van der Waals surface area contributed by atoms with E-state index in [9.17, 15) is 4.79 Å². The molecule has 1 heterocycles. The molecule has 0 unspecified atom stereocenters. The molecule has 5 heteroatoms. The fraction of sp³-hybridized carbons (Fsp3) is 0.0714. The van der Waals surface area contributed by atoms with Crippen molar-refractivity contribution in [3.8, 4) is 11.3 Å². The summed E-state index contributed by atoms with van der Waals surface area (Å²) in [5.74, 6) is 0.695. The zero-order chi connectivity index (χ0) is 22.5. The number of nitrogens with zero attached hydrogens (tertiary/aromatic N) is 1. The van der Waals surface area contributed by atoms with E-state index in [0.717, 1.165) is 36.0 Å². The third-order valence-corrected chi connectivity index (χ3v) is 7.91. The Morgan fingerprint density at radius 1 is 0.727 bits per heavy atom. The lowest BCUT2D eigenvalue weighted by Gasteiger charge is -2.18. The van der Waals surface area contributed by atoms with Crippen molar-refractivity contribution in [3.05, 3.63) is 101 Å².